The van der Waals surface area contributed by atoms with Crippen molar-refractivity contribution in [1.82, 2.24) is 0 Å². The quantitative estimate of drug-likeness (QED) is 0.894. The van der Waals surface area contributed by atoms with Gasteiger partial charge in [-0.1, -0.05) is 28.8 Å². The molecule has 0 amide bonds. The average molecular weight is 288 g/mol. The fraction of sp³-hybridized carbons (Fsp3) is 0.500. The molecule has 1 aromatic carbocycles. The second-order valence-corrected chi connectivity index (χ2v) is 5.32. The highest BCUT2D eigenvalue weighted by atomic mass is 79.9. The third-order valence-electron chi connectivity index (χ3n) is 3.07. The van der Waals surface area contributed by atoms with E-state index in [1.807, 2.05) is 0 Å². The van der Waals surface area contributed by atoms with Gasteiger partial charge in [0.15, 0.2) is 0 Å². The predicted octanol–water partition coefficient (Wildman–Crippen LogP) is 3.31. The van der Waals surface area contributed by atoms with Crippen molar-refractivity contribution in [3.8, 4) is 0 Å². The van der Waals surface area contributed by atoms with E-state index < -0.39 is 5.60 Å². The molecule has 2 nitrogen and oxygen atoms in total. The molecular weight excluding hydrogens is 273 g/mol. The molecule has 4 heteroatoms. The summed E-state index contributed by atoms with van der Waals surface area (Å²) in [4.78, 5) is 0. The number of benzene rings is 1. The van der Waals surface area contributed by atoms with E-state index >= 15 is 0 Å². The van der Waals surface area contributed by atoms with Crippen LogP contribution >= 0.6 is 15.9 Å². The molecule has 2 N–H and O–H groups in total. The van der Waals surface area contributed by atoms with Gasteiger partial charge in [-0.25, -0.2) is 4.39 Å². The summed E-state index contributed by atoms with van der Waals surface area (Å²) in [6, 6.07) is 4.88. The third kappa shape index (κ3) is 2.74. The van der Waals surface area contributed by atoms with Crippen molar-refractivity contribution < 1.29 is 9.50 Å². The van der Waals surface area contributed by atoms with Crippen molar-refractivity contribution in [2.45, 2.75) is 31.3 Å². The monoisotopic (exact) mass is 287 g/mol. The summed E-state index contributed by atoms with van der Waals surface area (Å²) < 4.78 is 14.2. The minimum Gasteiger partial charge on any atom is -0.388 e. The first-order valence-electron chi connectivity index (χ1n) is 5.50. The van der Waals surface area contributed by atoms with Crippen molar-refractivity contribution in [1.29, 1.82) is 0 Å². The van der Waals surface area contributed by atoms with Crippen LogP contribution < -0.4 is 5.32 Å². The summed E-state index contributed by atoms with van der Waals surface area (Å²) in [6.45, 7) is 0.422. The van der Waals surface area contributed by atoms with Gasteiger partial charge in [-0.2, -0.15) is 0 Å². The Morgan fingerprint density at radius 3 is 2.69 bits per heavy atom. The molecule has 1 aliphatic carbocycles. The molecule has 0 radical (unpaired) electrons. The zero-order valence-electron chi connectivity index (χ0n) is 8.97. The van der Waals surface area contributed by atoms with Gasteiger partial charge in [-0.3, -0.25) is 0 Å². The minimum atomic E-state index is -0.653. The molecule has 88 valence electrons. The van der Waals surface area contributed by atoms with Crippen LogP contribution in [0, 0.1) is 5.82 Å². The number of hydrogen-bond acceptors (Lipinski definition) is 2. The molecule has 16 heavy (non-hydrogen) atoms. The summed E-state index contributed by atoms with van der Waals surface area (Å²) >= 11 is 3.21. The lowest BCUT2D eigenvalue weighted by molar-refractivity contribution is 0.0614. The van der Waals surface area contributed by atoms with Crippen LogP contribution in [0.2, 0.25) is 0 Å². The Morgan fingerprint density at radius 2 is 2.06 bits per heavy atom. The van der Waals surface area contributed by atoms with Crippen LogP contribution in [0.3, 0.4) is 0 Å². The van der Waals surface area contributed by atoms with E-state index in [0.717, 1.165) is 30.2 Å². The third-order valence-corrected chi connectivity index (χ3v) is 3.57. The van der Waals surface area contributed by atoms with Gasteiger partial charge >= 0.3 is 0 Å². The van der Waals surface area contributed by atoms with Crippen molar-refractivity contribution >= 4 is 21.6 Å². The highest BCUT2D eigenvalue weighted by Gasteiger charge is 2.30. The van der Waals surface area contributed by atoms with Crippen LogP contribution in [0.15, 0.2) is 22.7 Å². The van der Waals surface area contributed by atoms with Gasteiger partial charge in [0.25, 0.3) is 0 Å². The molecule has 1 fully saturated rings. The first kappa shape index (κ1) is 11.9. The highest BCUT2D eigenvalue weighted by Crippen LogP contribution is 2.30. The van der Waals surface area contributed by atoms with E-state index in [-0.39, 0.29) is 5.82 Å². The number of anilines is 1. The second-order valence-electron chi connectivity index (χ2n) is 4.41. The summed E-state index contributed by atoms with van der Waals surface area (Å²) in [6.07, 6.45) is 3.72. The first-order chi connectivity index (χ1) is 7.59. The van der Waals surface area contributed by atoms with Gasteiger partial charge < -0.3 is 10.4 Å². The Balaban J connectivity index is 1.99. The van der Waals surface area contributed by atoms with E-state index in [2.05, 4.69) is 21.2 Å². The van der Waals surface area contributed by atoms with Crippen LogP contribution in [0.4, 0.5) is 10.1 Å². The van der Waals surface area contributed by atoms with Gasteiger partial charge in [0.1, 0.15) is 5.82 Å². The van der Waals surface area contributed by atoms with Gasteiger partial charge in [0.2, 0.25) is 0 Å². The summed E-state index contributed by atoms with van der Waals surface area (Å²) in [7, 11) is 0. The number of nitrogens with one attached hydrogen (secondary N) is 1. The fourth-order valence-electron chi connectivity index (χ4n) is 2.10. The Labute approximate surface area is 103 Å². The standard InChI is InChI=1S/C12H15BrFNO/c13-9-3-4-11(10(14)7-9)15-8-12(16)5-1-2-6-12/h3-4,7,15-16H,1-2,5-6,8H2. The lowest BCUT2D eigenvalue weighted by atomic mass is 10.0. The van der Waals surface area contributed by atoms with E-state index in [9.17, 15) is 9.50 Å². The molecule has 0 aliphatic heterocycles. The largest absolute Gasteiger partial charge is 0.388 e. The molecule has 0 saturated heterocycles. The molecule has 1 saturated carbocycles. The number of rotatable bonds is 3. The van der Waals surface area contributed by atoms with Gasteiger partial charge in [0, 0.05) is 11.0 Å². The van der Waals surface area contributed by atoms with Crippen LogP contribution in [0.1, 0.15) is 25.7 Å². The summed E-state index contributed by atoms with van der Waals surface area (Å²) in [5.41, 5.74) is -0.206. The second kappa shape index (κ2) is 4.72. The zero-order chi connectivity index (χ0) is 11.6. The first-order valence-corrected chi connectivity index (χ1v) is 6.30. The van der Waals surface area contributed by atoms with E-state index in [1.54, 1.807) is 12.1 Å². The van der Waals surface area contributed by atoms with E-state index in [4.69, 9.17) is 0 Å². The molecule has 1 aliphatic rings. The van der Waals surface area contributed by atoms with Crippen molar-refractivity contribution in [3.05, 3.63) is 28.5 Å². The Morgan fingerprint density at radius 1 is 1.38 bits per heavy atom. The van der Waals surface area contributed by atoms with Crippen LogP contribution in [-0.2, 0) is 0 Å². The van der Waals surface area contributed by atoms with Crippen molar-refractivity contribution in [2.24, 2.45) is 0 Å². The molecule has 0 bridgehead atoms. The molecule has 0 heterocycles. The predicted molar refractivity (Wildman–Crippen MR) is 66.0 cm³/mol. The van der Waals surface area contributed by atoms with Crippen LogP contribution in [0.25, 0.3) is 0 Å². The zero-order valence-corrected chi connectivity index (χ0v) is 10.6. The Bertz CT molecular complexity index is 377. The Hall–Kier alpha value is -0.610. The lowest BCUT2D eigenvalue weighted by Crippen LogP contribution is -2.33. The lowest BCUT2D eigenvalue weighted by Gasteiger charge is -2.23. The maximum Gasteiger partial charge on any atom is 0.147 e. The fourth-order valence-corrected chi connectivity index (χ4v) is 2.44. The van der Waals surface area contributed by atoms with Gasteiger partial charge in [-0.05, 0) is 31.0 Å². The SMILES string of the molecule is OC1(CNc2ccc(Br)cc2F)CCCC1. The van der Waals surface area contributed by atoms with Gasteiger partial charge in [0.05, 0.1) is 11.3 Å². The van der Waals surface area contributed by atoms with Crippen molar-refractivity contribution in [3.63, 3.8) is 0 Å². The topological polar surface area (TPSA) is 32.3 Å². The number of halogens is 2. The molecule has 0 atom stereocenters. The molecule has 0 unspecified atom stereocenters. The maximum atomic E-state index is 13.5. The normalized spacial score (nSPS) is 18.7. The van der Waals surface area contributed by atoms with Crippen LogP contribution in [0.5, 0.6) is 0 Å². The minimum absolute atomic E-state index is 0.295. The summed E-state index contributed by atoms with van der Waals surface area (Å²) in [5, 5.41) is 13.1. The van der Waals surface area contributed by atoms with Crippen molar-refractivity contribution in [2.75, 3.05) is 11.9 Å². The highest BCUT2D eigenvalue weighted by molar-refractivity contribution is 9.10. The molecular formula is C12H15BrFNO. The smallest absolute Gasteiger partial charge is 0.147 e. The van der Waals surface area contributed by atoms with Gasteiger partial charge in [-0.15, -0.1) is 0 Å². The van der Waals surface area contributed by atoms with E-state index in [1.165, 1.54) is 6.07 Å². The molecule has 1 aromatic rings. The average Bonchev–Trinajstić information content (AvgIpc) is 2.64. The molecule has 0 aromatic heterocycles. The number of hydrogen-bond donors (Lipinski definition) is 2. The Kier molecular flexibility index (Phi) is 3.50. The molecule has 0 spiro atoms. The maximum absolute atomic E-state index is 13.5. The molecule has 2 rings (SSSR count). The van der Waals surface area contributed by atoms with Crippen LogP contribution in [-0.4, -0.2) is 17.3 Å². The number of aliphatic hydroxyl groups is 1. The summed E-state index contributed by atoms with van der Waals surface area (Å²) in [5.74, 6) is -0.295. The van der Waals surface area contributed by atoms with E-state index in [0.29, 0.717) is 12.2 Å².